The van der Waals surface area contributed by atoms with E-state index in [0.29, 0.717) is 38.8 Å². The number of nitrogens with zero attached hydrogens (tertiary/aromatic N) is 3. The second kappa shape index (κ2) is 12.0. The highest BCUT2D eigenvalue weighted by molar-refractivity contribution is 7.98. The summed E-state index contributed by atoms with van der Waals surface area (Å²) in [5.41, 5.74) is 0.663. The lowest BCUT2D eigenvalue weighted by Crippen LogP contribution is -2.29. The fourth-order valence-corrected chi connectivity index (χ4v) is 4.99. The van der Waals surface area contributed by atoms with E-state index in [9.17, 15) is 18.0 Å². The van der Waals surface area contributed by atoms with Crippen LogP contribution in [0.25, 0.3) is 5.69 Å². The van der Waals surface area contributed by atoms with E-state index in [0.717, 1.165) is 12.1 Å². The van der Waals surface area contributed by atoms with Gasteiger partial charge in [-0.05, 0) is 48.9 Å². The van der Waals surface area contributed by atoms with Crippen molar-refractivity contribution in [2.45, 2.75) is 30.1 Å². The Morgan fingerprint density at radius 3 is 2.49 bits per heavy atom. The molecule has 0 unspecified atom stereocenters. The molecule has 204 valence electrons. The molecule has 0 aliphatic heterocycles. The van der Waals surface area contributed by atoms with Gasteiger partial charge in [-0.15, -0.1) is 10.2 Å². The molecule has 1 N–H and O–H groups in total. The van der Waals surface area contributed by atoms with Crippen LogP contribution in [0, 0.1) is 0 Å². The largest absolute Gasteiger partial charge is 0.493 e. The van der Waals surface area contributed by atoms with Gasteiger partial charge in [0.05, 0.1) is 37.1 Å². The fraction of sp³-hybridized carbons (Fsp3) is 0.222. The lowest BCUT2D eigenvalue weighted by atomic mass is 10.1. The summed E-state index contributed by atoms with van der Waals surface area (Å²) < 4.78 is 51.9. The Bertz CT molecular complexity index is 1480. The van der Waals surface area contributed by atoms with Crippen molar-refractivity contribution in [3.8, 4) is 17.2 Å². The van der Waals surface area contributed by atoms with Crippen molar-refractivity contribution >= 4 is 29.3 Å². The number of thioether (sulfide) groups is 1. The number of hydrogen-bond donors (Lipinski definition) is 1. The van der Waals surface area contributed by atoms with Crippen molar-refractivity contribution in [1.29, 1.82) is 0 Å². The van der Waals surface area contributed by atoms with Crippen molar-refractivity contribution in [2.24, 2.45) is 0 Å². The number of carbonyl (C=O) groups excluding carboxylic acids is 1. The summed E-state index contributed by atoms with van der Waals surface area (Å²) in [5.74, 6) is 0.896. The number of carbonyl (C=O) groups is 1. The number of para-hydroxylation sites is 1. The molecule has 0 fully saturated rings. The molecule has 1 heterocycles. The van der Waals surface area contributed by atoms with Crippen LogP contribution < -0.4 is 14.8 Å². The maximum absolute atomic E-state index is 13.2. The van der Waals surface area contributed by atoms with Crippen LogP contribution in [0.2, 0.25) is 5.02 Å². The predicted molar refractivity (Wildman–Crippen MR) is 143 cm³/mol. The zero-order valence-corrected chi connectivity index (χ0v) is 22.7. The van der Waals surface area contributed by atoms with Crippen LogP contribution in [0.3, 0.4) is 0 Å². The Balaban J connectivity index is 1.64. The molecule has 1 aromatic heterocycles. The molecule has 0 spiro atoms. The van der Waals surface area contributed by atoms with Gasteiger partial charge in [0.2, 0.25) is 0 Å². The van der Waals surface area contributed by atoms with Crippen LogP contribution in [-0.2, 0) is 11.9 Å². The SMILES string of the molecule is COc1cccc(C(=O)N[C@@H](C)c2nnc(SCc3cccc(C(F)(F)F)c3)n2-c2cccc(Cl)c2)c1OC. The van der Waals surface area contributed by atoms with Gasteiger partial charge < -0.3 is 14.8 Å². The third-order valence-corrected chi connectivity index (χ3v) is 6.96. The van der Waals surface area contributed by atoms with Crippen LogP contribution in [0.5, 0.6) is 11.5 Å². The third kappa shape index (κ3) is 6.48. The molecule has 1 atom stereocenters. The van der Waals surface area contributed by atoms with Crippen LogP contribution in [0.1, 0.15) is 40.3 Å². The first-order valence-electron chi connectivity index (χ1n) is 11.6. The highest BCUT2D eigenvalue weighted by Gasteiger charge is 2.30. The minimum absolute atomic E-state index is 0.213. The number of rotatable bonds is 9. The molecule has 12 heteroatoms. The molecule has 0 saturated carbocycles. The van der Waals surface area contributed by atoms with Gasteiger partial charge in [0, 0.05) is 10.8 Å². The summed E-state index contributed by atoms with van der Waals surface area (Å²) in [7, 11) is 2.93. The lowest BCUT2D eigenvalue weighted by Gasteiger charge is -2.18. The number of alkyl halides is 3. The van der Waals surface area contributed by atoms with Crippen molar-refractivity contribution in [2.75, 3.05) is 14.2 Å². The second-order valence-electron chi connectivity index (χ2n) is 8.38. The molecule has 0 aliphatic rings. The first-order valence-corrected chi connectivity index (χ1v) is 13.0. The van der Waals surface area contributed by atoms with Gasteiger partial charge in [0.25, 0.3) is 5.91 Å². The molecule has 4 aromatic rings. The monoisotopic (exact) mass is 576 g/mol. The molecule has 0 saturated heterocycles. The lowest BCUT2D eigenvalue weighted by molar-refractivity contribution is -0.137. The summed E-state index contributed by atoms with van der Waals surface area (Å²) in [5, 5.41) is 12.4. The predicted octanol–water partition coefficient (Wildman–Crippen LogP) is 6.74. The normalized spacial score (nSPS) is 12.2. The minimum atomic E-state index is -4.44. The summed E-state index contributed by atoms with van der Waals surface area (Å²) in [6.07, 6.45) is -4.44. The molecule has 0 aliphatic carbocycles. The Morgan fingerprint density at radius 2 is 1.79 bits per heavy atom. The fourth-order valence-electron chi connectivity index (χ4n) is 3.90. The molecular formula is C27H24ClF3N4O3S. The number of methoxy groups -OCH3 is 2. The molecular weight excluding hydrogens is 553 g/mol. The number of hydrogen-bond acceptors (Lipinski definition) is 6. The summed E-state index contributed by atoms with van der Waals surface area (Å²) in [6.45, 7) is 1.75. The molecule has 39 heavy (non-hydrogen) atoms. The maximum Gasteiger partial charge on any atom is 0.416 e. The van der Waals surface area contributed by atoms with E-state index < -0.39 is 23.7 Å². The Hall–Kier alpha value is -3.70. The quantitative estimate of drug-likeness (QED) is 0.222. The smallest absolute Gasteiger partial charge is 0.416 e. The standard InChI is InChI=1S/C27H24ClF3N4O3S/c1-16(32-25(36)21-11-6-12-22(37-2)23(21)38-3)24-33-34-26(35(24)20-10-5-9-19(28)14-20)39-15-17-7-4-8-18(13-17)27(29,30)31/h4-14,16H,15H2,1-3H3,(H,32,36)/t16-/m0/s1. The number of nitrogens with one attached hydrogen (secondary N) is 1. The van der Waals surface area contributed by atoms with E-state index in [1.807, 2.05) is 0 Å². The first kappa shape index (κ1) is 28.3. The van der Waals surface area contributed by atoms with Crippen LogP contribution in [0.15, 0.2) is 71.9 Å². The average molecular weight is 577 g/mol. The van der Waals surface area contributed by atoms with Gasteiger partial charge >= 0.3 is 6.18 Å². The van der Waals surface area contributed by atoms with Gasteiger partial charge in [-0.2, -0.15) is 13.2 Å². The topological polar surface area (TPSA) is 78.3 Å². The van der Waals surface area contributed by atoms with E-state index in [1.54, 1.807) is 60.0 Å². The summed E-state index contributed by atoms with van der Waals surface area (Å²) in [6, 6.07) is 16.5. The molecule has 1 amide bonds. The van der Waals surface area contributed by atoms with Crippen LogP contribution in [0.4, 0.5) is 13.2 Å². The summed E-state index contributed by atoms with van der Waals surface area (Å²) in [4.78, 5) is 13.2. The van der Waals surface area contributed by atoms with E-state index in [1.165, 1.54) is 32.0 Å². The van der Waals surface area contributed by atoms with Gasteiger partial charge in [0.1, 0.15) is 0 Å². The van der Waals surface area contributed by atoms with Gasteiger partial charge in [-0.25, -0.2) is 0 Å². The van der Waals surface area contributed by atoms with Gasteiger partial charge in [-0.1, -0.05) is 53.7 Å². The highest BCUT2D eigenvalue weighted by Crippen LogP contribution is 2.34. The number of halogens is 4. The average Bonchev–Trinajstić information content (AvgIpc) is 3.35. The summed E-state index contributed by atoms with van der Waals surface area (Å²) >= 11 is 7.46. The van der Waals surface area contributed by atoms with Crippen molar-refractivity contribution in [3.05, 3.63) is 94.3 Å². The van der Waals surface area contributed by atoms with Crippen molar-refractivity contribution in [3.63, 3.8) is 0 Å². The molecule has 0 radical (unpaired) electrons. The van der Waals surface area contributed by atoms with E-state index in [-0.39, 0.29) is 11.3 Å². The number of aromatic nitrogens is 3. The Kier molecular flexibility index (Phi) is 8.71. The molecule has 7 nitrogen and oxygen atoms in total. The highest BCUT2D eigenvalue weighted by atomic mass is 35.5. The zero-order chi connectivity index (χ0) is 28.2. The van der Waals surface area contributed by atoms with Gasteiger partial charge in [-0.3, -0.25) is 9.36 Å². The molecule has 3 aromatic carbocycles. The first-order chi connectivity index (χ1) is 18.6. The second-order valence-corrected chi connectivity index (χ2v) is 9.76. The number of amides is 1. The van der Waals surface area contributed by atoms with E-state index in [4.69, 9.17) is 21.1 Å². The van der Waals surface area contributed by atoms with Gasteiger partial charge in [0.15, 0.2) is 22.5 Å². The molecule has 0 bridgehead atoms. The van der Waals surface area contributed by atoms with E-state index >= 15 is 0 Å². The Labute approximate surface area is 232 Å². The third-order valence-electron chi connectivity index (χ3n) is 5.73. The van der Waals surface area contributed by atoms with Crippen molar-refractivity contribution < 1.29 is 27.4 Å². The van der Waals surface area contributed by atoms with Crippen LogP contribution in [-0.4, -0.2) is 34.9 Å². The van der Waals surface area contributed by atoms with E-state index in [2.05, 4.69) is 15.5 Å². The number of ether oxygens (including phenoxy) is 2. The Morgan fingerprint density at radius 1 is 1.05 bits per heavy atom. The number of benzene rings is 3. The van der Waals surface area contributed by atoms with Crippen molar-refractivity contribution in [1.82, 2.24) is 20.1 Å². The maximum atomic E-state index is 13.2. The minimum Gasteiger partial charge on any atom is -0.493 e. The van der Waals surface area contributed by atoms with Crippen LogP contribution >= 0.6 is 23.4 Å². The molecule has 4 rings (SSSR count). The zero-order valence-electron chi connectivity index (χ0n) is 21.1.